The van der Waals surface area contributed by atoms with E-state index in [1.54, 1.807) is 11.0 Å². The molecule has 1 fully saturated rings. The number of piperidine rings is 1. The van der Waals surface area contributed by atoms with E-state index in [1.807, 2.05) is 66.9 Å². The molecular weight excluding hydrogens is 492 g/mol. The number of ether oxygens (including phenoxy) is 1. The van der Waals surface area contributed by atoms with Crippen molar-refractivity contribution in [2.75, 3.05) is 18.0 Å². The molecule has 0 unspecified atom stereocenters. The van der Waals surface area contributed by atoms with Gasteiger partial charge in [0.25, 0.3) is 0 Å². The van der Waals surface area contributed by atoms with Gasteiger partial charge in [-0.15, -0.1) is 0 Å². The Labute approximate surface area is 226 Å². The van der Waals surface area contributed by atoms with Crippen LogP contribution in [-0.4, -0.2) is 45.1 Å². The normalized spacial score (nSPS) is 16.3. The molecule has 196 valence electrons. The van der Waals surface area contributed by atoms with Crippen molar-refractivity contribution in [2.45, 2.75) is 31.7 Å². The Bertz CT molecular complexity index is 1530. The smallest absolute Gasteiger partial charge is 0.449 e. The molecule has 2 aromatic carbocycles. The molecule has 2 aliphatic rings. The number of aryl methyl sites for hydroxylation is 1. The lowest BCUT2D eigenvalue weighted by molar-refractivity contribution is -0.124. The largest absolute Gasteiger partial charge is 0.512 e. The fraction of sp³-hybridized carbons (Fsp3) is 0.226. The van der Waals surface area contributed by atoms with Crippen molar-refractivity contribution in [1.82, 2.24) is 14.9 Å². The van der Waals surface area contributed by atoms with Crippen LogP contribution in [0.4, 0.5) is 16.3 Å². The van der Waals surface area contributed by atoms with Crippen LogP contribution in [-0.2, 0) is 16.8 Å². The van der Waals surface area contributed by atoms with E-state index in [1.165, 1.54) is 6.07 Å². The molecule has 4 aromatic rings. The number of hydrogen-bond acceptors (Lipinski definition) is 6. The number of carbonyl (C=O) groups excluding carboxylic acids is 1. The second-order valence-corrected chi connectivity index (χ2v) is 10.1. The first-order valence-electron chi connectivity index (χ1n) is 13.0. The molecule has 1 spiro atoms. The molecule has 1 N–H and O–H groups in total. The molecule has 0 saturated carbocycles. The zero-order chi connectivity index (χ0) is 27.0. The maximum Gasteiger partial charge on any atom is 0.512 e. The number of nitrogens with zero attached hydrogens (tertiary/aromatic N) is 4. The summed E-state index contributed by atoms with van der Waals surface area (Å²) in [5, 5.41) is 9.15. The molecular formula is C31H28N4O4. The first-order chi connectivity index (χ1) is 18.9. The number of rotatable bonds is 5. The average Bonchev–Trinajstić information content (AvgIpc) is 3.18. The lowest BCUT2D eigenvalue weighted by Gasteiger charge is -2.38. The average molecular weight is 521 g/mol. The highest BCUT2D eigenvalue weighted by Crippen LogP contribution is 2.50. The quantitative estimate of drug-likeness (QED) is 0.336. The van der Waals surface area contributed by atoms with E-state index in [0.717, 1.165) is 47.6 Å². The minimum atomic E-state index is -1.45. The number of amides is 1. The highest BCUT2D eigenvalue weighted by atomic mass is 16.7. The zero-order valence-corrected chi connectivity index (χ0v) is 21.6. The van der Waals surface area contributed by atoms with Crippen LogP contribution in [0.2, 0.25) is 0 Å². The van der Waals surface area contributed by atoms with Gasteiger partial charge in [0.15, 0.2) is 0 Å². The molecule has 39 heavy (non-hydrogen) atoms. The van der Waals surface area contributed by atoms with Gasteiger partial charge in [-0.25, -0.2) is 4.79 Å². The highest BCUT2D eigenvalue weighted by molar-refractivity contribution is 6.12. The summed E-state index contributed by atoms with van der Waals surface area (Å²) in [5.41, 5.74) is 5.08. The van der Waals surface area contributed by atoms with Gasteiger partial charge in [-0.05, 0) is 73.8 Å². The van der Waals surface area contributed by atoms with Gasteiger partial charge in [0.1, 0.15) is 5.82 Å². The van der Waals surface area contributed by atoms with Crippen LogP contribution in [0.25, 0.3) is 11.1 Å². The molecule has 0 atom stereocenters. The van der Waals surface area contributed by atoms with Crippen molar-refractivity contribution < 1.29 is 19.4 Å². The zero-order valence-electron chi connectivity index (χ0n) is 21.6. The first-order valence-corrected chi connectivity index (χ1v) is 13.0. The van der Waals surface area contributed by atoms with Gasteiger partial charge in [0, 0.05) is 24.4 Å². The molecule has 0 aliphatic carbocycles. The summed E-state index contributed by atoms with van der Waals surface area (Å²) in [4.78, 5) is 38.5. The predicted molar refractivity (Wildman–Crippen MR) is 147 cm³/mol. The van der Waals surface area contributed by atoms with Crippen LogP contribution in [0.15, 0.2) is 85.1 Å². The third-order valence-corrected chi connectivity index (χ3v) is 7.81. The van der Waals surface area contributed by atoms with Gasteiger partial charge in [0.2, 0.25) is 11.8 Å². The number of fused-ring (bicyclic) bond motifs is 2. The highest BCUT2D eigenvalue weighted by Gasteiger charge is 2.53. The summed E-state index contributed by atoms with van der Waals surface area (Å²) in [5.74, 6) is 0.332. The van der Waals surface area contributed by atoms with E-state index in [2.05, 4.69) is 27.9 Å². The van der Waals surface area contributed by atoms with Gasteiger partial charge >= 0.3 is 6.16 Å². The number of pyridine rings is 2. The van der Waals surface area contributed by atoms with Gasteiger partial charge in [-0.2, -0.15) is 4.98 Å². The lowest BCUT2D eigenvalue weighted by Crippen LogP contribution is -2.47. The van der Waals surface area contributed by atoms with Crippen molar-refractivity contribution in [3.8, 4) is 17.0 Å². The second-order valence-electron chi connectivity index (χ2n) is 10.1. The third-order valence-electron chi connectivity index (χ3n) is 7.81. The number of aromatic nitrogens is 2. The maximum absolute atomic E-state index is 14.2. The van der Waals surface area contributed by atoms with Crippen LogP contribution >= 0.6 is 0 Å². The summed E-state index contributed by atoms with van der Waals surface area (Å²) in [6, 6.07) is 25.2. The summed E-state index contributed by atoms with van der Waals surface area (Å²) in [6.45, 7) is 4.26. The number of hydrogen-bond donors (Lipinski definition) is 1. The first kappa shape index (κ1) is 24.8. The van der Waals surface area contributed by atoms with Crippen LogP contribution in [0, 0.1) is 6.92 Å². The van der Waals surface area contributed by atoms with Crippen LogP contribution in [0.3, 0.4) is 0 Å². The van der Waals surface area contributed by atoms with E-state index >= 15 is 0 Å². The van der Waals surface area contributed by atoms with Crippen molar-refractivity contribution in [1.29, 1.82) is 0 Å². The van der Waals surface area contributed by atoms with Crippen molar-refractivity contribution in [2.24, 2.45) is 0 Å². The van der Waals surface area contributed by atoms with E-state index in [0.29, 0.717) is 24.3 Å². The predicted octanol–water partition coefficient (Wildman–Crippen LogP) is 5.72. The number of anilines is 2. The summed E-state index contributed by atoms with van der Waals surface area (Å²) >= 11 is 0. The fourth-order valence-electron chi connectivity index (χ4n) is 5.69. The monoisotopic (exact) mass is 520 g/mol. The Balaban J connectivity index is 1.32. The van der Waals surface area contributed by atoms with E-state index in [4.69, 9.17) is 9.84 Å². The fourth-order valence-corrected chi connectivity index (χ4v) is 5.69. The molecule has 1 saturated heterocycles. The summed E-state index contributed by atoms with van der Waals surface area (Å²) in [7, 11) is 0. The molecule has 8 nitrogen and oxygen atoms in total. The summed E-state index contributed by atoms with van der Waals surface area (Å²) in [6.07, 6.45) is 1.63. The molecule has 8 heteroatoms. The van der Waals surface area contributed by atoms with Crippen LogP contribution < -0.4 is 9.64 Å². The molecule has 0 bridgehead atoms. The number of carboxylic acid groups (broad SMARTS) is 1. The minimum absolute atomic E-state index is 0.0430. The minimum Gasteiger partial charge on any atom is -0.449 e. The molecule has 1 amide bonds. The number of benzene rings is 2. The molecule has 0 radical (unpaired) electrons. The van der Waals surface area contributed by atoms with Crippen molar-refractivity contribution in [3.05, 3.63) is 102 Å². The maximum atomic E-state index is 14.2. The van der Waals surface area contributed by atoms with Gasteiger partial charge < -0.3 is 9.84 Å². The topological polar surface area (TPSA) is 95.9 Å². The van der Waals surface area contributed by atoms with E-state index < -0.39 is 11.6 Å². The number of likely N-dealkylation sites (tertiary alicyclic amines) is 1. The Morgan fingerprint density at radius 2 is 1.67 bits per heavy atom. The standard InChI is InChI=1S/C31H28N4O4/c1-21-6-5-17-32-26(21)20-34-18-15-31(16-19-34)25-13-14-27(39-30(37)38)33-28(25)35(29(31)36)24-11-9-23(10-12-24)22-7-3-2-4-8-22/h2-14,17H,15-16,18-20H2,1H3,(H,37,38). The van der Waals surface area contributed by atoms with E-state index in [-0.39, 0.29) is 11.8 Å². The Morgan fingerprint density at radius 1 is 0.949 bits per heavy atom. The van der Waals surface area contributed by atoms with Crippen molar-refractivity contribution >= 4 is 23.6 Å². The number of carbonyl (C=O) groups is 2. The Kier molecular flexibility index (Phi) is 6.32. The van der Waals surface area contributed by atoms with Crippen LogP contribution in [0.1, 0.15) is 29.7 Å². The van der Waals surface area contributed by atoms with Crippen molar-refractivity contribution in [3.63, 3.8) is 0 Å². The van der Waals surface area contributed by atoms with E-state index in [9.17, 15) is 9.59 Å². The molecule has 2 aliphatic heterocycles. The van der Waals surface area contributed by atoms with Crippen LogP contribution in [0.5, 0.6) is 5.88 Å². The third kappa shape index (κ3) is 4.53. The second kappa shape index (κ2) is 9.96. The van der Waals surface area contributed by atoms with Gasteiger partial charge in [-0.1, -0.05) is 48.5 Å². The summed E-state index contributed by atoms with van der Waals surface area (Å²) < 4.78 is 4.86. The molecule has 4 heterocycles. The molecule has 6 rings (SSSR count). The Hall–Kier alpha value is -4.56. The lowest BCUT2D eigenvalue weighted by atomic mass is 9.74. The van der Waals surface area contributed by atoms with Gasteiger partial charge in [0.05, 0.1) is 16.8 Å². The molecule has 2 aromatic heterocycles. The SMILES string of the molecule is Cc1cccnc1CN1CCC2(CC1)C(=O)N(c1ccc(-c3ccccc3)cc1)c1nc(OC(=O)O)ccc12. The Morgan fingerprint density at radius 3 is 2.36 bits per heavy atom. The van der Waals surface area contributed by atoms with Gasteiger partial charge in [-0.3, -0.25) is 19.6 Å².